The summed E-state index contributed by atoms with van der Waals surface area (Å²) in [5.41, 5.74) is 7.76. The Kier molecular flexibility index (Phi) is 4.94. The van der Waals surface area contributed by atoms with Crippen molar-refractivity contribution in [3.05, 3.63) is 88.9 Å². The first-order valence-corrected chi connectivity index (χ1v) is 16.1. The van der Waals surface area contributed by atoms with Crippen molar-refractivity contribution in [3.8, 4) is 22.3 Å². The zero-order valence-electron chi connectivity index (χ0n) is 24.0. The first-order chi connectivity index (χ1) is 20.9. The third kappa shape index (κ3) is 3.70. The molecular weight excluding hydrogens is 540 g/mol. The molecule has 3 aliphatic carbocycles. The molecule has 1 aromatic heterocycles. The van der Waals surface area contributed by atoms with Gasteiger partial charge < -0.3 is 20.9 Å². The Morgan fingerprint density at radius 3 is 2.47 bits per heavy atom. The van der Waals surface area contributed by atoms with Gasteiger partial charge in [-0.2, -0.15) is 8.78 Å². The van der Waals surface area contributed by atoms with E-state index < -0.39 is 5.92 Å². The van der Waals surface area contributed by atoms with E-state index in [2.05, 4.69) is 33.1 Å². The van der Waals surface area contributed by atoms with Gasteiger partial charge in [0.2, 0.25) is 0 Å². The molecule has 1 spiro atoms. The second-order valence-electron chi connectivity index (χ2n) is 14.1. The number of fused-ring (bicyclic) bond motifs is 6. The number of halogens is 2. The number of nitrogens with zero attached hydrogens (tertiary/aromatic N) is 1. The molecule has 4 fully saturated rings. The summed E-state index contributed by atoms with van der Waals surface area (Å²) in [7, 11) is 0. The highest BCUT2D eigenvalue weighted by Crippen LogP contribution is 2.54. The lowest BCUT2D eigenvalue weighted by Gasteiger charge is -2.20. The van der Waals surface area contributed by atoms with Crippen molar-refractivity contribution in [2.45, 2.75) is 75.0 Å². The van der Waals surface area contributed by atoms with Crippen molar-refractivity contribution in [1.29, 1.82) is 0 Å². The molecule has 2 bridgehead atoms. The zero-order chi connectivity index (χ0) is 28.5. The van der Waals surface area contributed by atoms with Crippen LogP contribution in [0.25, 0.3) is 33.3 Å². The molecule has 7 heteroatoms. The van der Waals surface area contributed by atoms with Crippen LogP contribution in [0.5, 0.6) is 0 Å². The second-order valence-corrected chi connectivity index (χ2v) is 14.1. The third-order valence-electron chi connectivity index (χ3n) is 11.5. The number of hydrogen-bond acceptors (Lipinski definition) is 4. The number of imidazole rings is 1. The number of hydrogen-bond donors (Lipinski definition) is 4. The maximum Gasteiger partial charge on any atom is 0.299 e. The van der Waals surface area contributed by atoms with Gasteiger partial charge in [0.25, 0.3) is 5.92 Å². The number of nitrogens with one attached hydrogen (secondary N) is 4. The van der Waals surface area contributed by atoms with Gasteiger partial charge in [0.05, 0.1) is 23.1 Å². The molecular formula is C36H35F2N5. The number of benzene rings is 3. The lowest BCUT2D eigenvalue weighted by atomic mass is 9.98. The smallest absolute Gasteiger partial charge is 0.299 e. The number of rotatable bonds is 4. The van der Waals surface area contributed by atoms with Gasteiger partial charge in [0.15, 0.2) is 0 Å². The normalized spacial score (nSPS) is 30.6. The van der Waals surface area contributed by atoms with Gasteiger partial charge in [-0.15, -0.1) is 0 Å². The van der Waals surface area contributed by atoms with Crippen molar-refractivity contribution < 1.29 is 8.78 Å². The summed E-state index contributed by atoms with van der Waals surface area (Å²) in [4.78, 5) is 8.42. The highest BCUT2D eigenvalue weighted by atomic mass is 19.3. The Balaban J connectivity index is 0.923. The number of H-pyrrole nitrogens is 1. The number of piperidine rings is 1. The van der Waals surface area contributed by atoms with Crippen LogP contribution in [0.15, 0.2) is 66.4 Å². The molecule has 0 amide bonds. The first-order valence-electron chi connectivity index (χ1n) is 16.1. The van der Waals surface area contributed by atoms with E-state index in [4.69, 9.17) is 4.98 Å². The molecule has 1 unspecified atom stereocenters. The van der Waals surface area contributed by atoms with Gasteiger partial charge in [-0.05, 0) is 108 Å². The first kappa shape index (κ1) is 24.8. The Morgan fingerprint density at radius 1 is 0.860 bits per heavy atom. The molecule has 0 radical (unpaired) electrons. The van der Waals surface area contributed by atoms with Crippen LogP contribution >= 0.6 is 0 Å². The van der Waals surface area contributed by atoms with Gasteiger partial charge in [-0.3, -0.25) is 0 Å². The predicted octanol–water partition coefficient (Wildman–Crippen LogP) is 7.22. The quantitative estimate of drug-likeness (QED) is 0.207. The Labute approximate surface area is 249 Å². The van der Waals surface area contributed by atoms with Gasteiger partial charge in [-0.1, -0.05) is 36.4 Å². The standard InChI is InChI=1S/C36H35F2N5/c37-36(38)26-14-19(20-4-8-29-31(16-20)43-34(42-29)33-22-1-5-23(13-22)40-33)2-6-24(26)25-7-3-21(15-27(25)36)28-9-10-30(41-28)32-17-35(11-12-35)18-39-32/h2-4,6-8,10,14-16,22-23,28,32-33,39-41H,1,5,9,11-13,17-18H2,(H,42,43)/t22-,23+,28?,32-,33-/m0/s1. The molecule has 4 N–H and O–H groups in total. The highest BCUT2D eigenvalue weighted by Gasteiger charge is 2.50. The van der Waals surface area contributed by atoms with Crippen molar-refractivity contribution in [1.82, 2.24) is 25.9 Å². The minimum Gasteiger partial charge on any atom is -0.380 e. The van der Waals surface area contributed by atoms with Crippen LogP contribution in [0, 0.1) is 11.3 Å². The summed E-state index contributed by atoms with van der Waals surface area (Å²) in [6.45, 7) is 1.10. The van der Waals surface area contributed by atoms with Gasteiger partial charge >= 0.3 is 0 Å². The van der Waals surface area contributed by atoms with Crippen LogP contribution in [0.2, 0.25) is 0 Å². The van der Waals surface area contributed by atoms with Crippen LogP contribution in [-0.4, -0.2) is 28.6 Å². The van der Waals surface area contributed by atoms with E-state index in [-0.39, 0.29) is 23.2 Å². The largest absolute Gasteiger partial charge is 0.380 e. The predicted molar refractivity (Wildman–Crippen MR) is 164 cm³/mol. The van der Waals surface area contributed by atoms with E-state index in [9.17, 15) is 0 Å². The molecule has 3 aliphatic heterocycles. The number of alkyl halides is 2. The summed E-state index contributed by atoms with van der Waals surface area (Å²) < 4.78 is 32.3. The minimum atomic E-state index is -3.05. The van der Waals surface area contributed by atoms with Gasteiger partial charge in [0.1, 0.15) is 5.82 Å². The van der Waals surface area contributed by atoms with E-state index in [0.717, 1.165) is 46.5 Å². The Bertz CT molecular complexity index is 1850. The third-order valence-corrected chi connectivity index (χ3v) is 11.5. The fraction of sp³-hybridized carbons (Fsp3) is 0.417. The average molecular weight is 576 g/mol. The molecule has 10 rings (SSSR count). The monoisotopic (exact) mass is 575 g/mol. The molecule has 4 aromatic rings. The fourth-order valence-electron chi connectivity index (χ4n) is 8.88. The molecule has 4 heterocycles. The van der Waals surface area contributed by atoms with Gasteiger partial charge in [-0.25, -0.2) is 4.98 Å². The lowest BCUT2D eigenvalue weighted by Crippen LogP contribution is -2.30. The van der Waals surface area contributed by atoms with Crippen molar-refractivity contribution in [3.63, 3.8) is 0 Å². The van der Waals surface area contributed by atoms with Crippen molar-refractivity contribution >= 4 is 11.0 Å². The lowest BCUT2D eigenvalue weighted by molar-refractivity contribution is 0.0479. The van der Waals surface area contributed by atoms with Crippen LogP contribution in [0.3, 0.4) is 0 Å². The van der Waals surface area contributed by atoms with E-state index in [1.165, 1.54) is 44.2 Å². The van der Waals surface area contributed by atoms with E-state index in [0.29, 0.717) is 34.5 Å². The number of aromatic amines is 1. The maximum absolute atomic E-state index is 16.1. The molecule has 5 atom stereocenters. The van der Waals surface area contributed by atoms with E-state index in [1.54, 1.807) is 12.1 Å². The Morgan fingerprint density at radius 2 is 1.67 bits per heavy atom. The van der Waals surface area contributed by atoms with Crippen LogP contribution in [0.1, 0.15) is 79.5 Å². The molecule has 218 valence electrons. The minimum absolute atomic E-state index is 0.0357. The molecule has 6 aliphatic rings. The van der Waals surface area contributed by atoms with Crippen LogP contribution < -0.4 is 16.0 Å². The average Bonchev–Trinajstić information content (AvgIpc) is 3.68. The Hall–Kier alpha value is -3.55. The van der Waals surface area contributed by atoms with Crippen LogP contribution in [0.4, 0.5) is 8.78 Å². The summed E-state index contributed by atoms with van der Waals surface area (Å²) in [5, 5.41) is 11.1. The highest BCUT2D eigenvalue weighted by molar-refractivity contribution is 5.86. The molecule has 43 heavy (non-hydrogen) atoms. The molecule has 3 aromatic carbocycles. The SMILES string of the molecule is FC1(F)c2cc(-c3ccc4nc([C@H]5N[C@@H]6CC[C@H]5C6)[nH]c4c3)ccc2-c2ccc(C3CC=C([C@@H]4CC5(CC5)CN4)N3)cc21. The summed E-state index contributed by atoms with van der Waals surface area (Å²) in [6.07, 6.45) is 10.7. The van der Waals surface area contributed by atoms with E-state index >= 15 is 8.78 Å². The molecule has 2 saturated carbocycles. The van der Waals surface area contributed by atoms with Crippen molar-refractivity contribution in [2.24, 2.45) is 11.3 Å². The second kappa shape index (κ2) is 8.54. The molecule has 5 nitrogen and oxygen atoms in total. The van der Waals surface area contributed by atoms with Gasteiger partial charge in [0, 0.05) is 35.5 Å². The maximum atomic E-state index is 16.1. The summed E-state index contributed by atoms with van der Waals surface area (Å²) >= 11 is 0. The molecule has 2 saturated heterocycles. The van der Waals surface area contributed by atoms with E-state index in [1.807, 2.05) is 36.4 Å². The zero-order valence-corrected chi connectivity index (χ0v) is 24.0. The number of aromatic nitrogens is 2. The van der Waals surface area contributed by atoms with Crippen LogP contribution in [-0.2, 0) is 5.92 Å². The summed E-state index contributed by atoms with van der Waals surface area (Å²) in [6, 6.07) is 18.6. The topological polar surface area (TPSA) is 64.8 Å². The summed E-state index contributed by atoms with van der Waals surface area (Å²) in [5.74, 6) is -1.40. The van der Waals surface area contributed by atoms with Crippen molar-refractivity contribution in [2.75, 3.05) is 6.54 Å². The fourth-order valence-corrected chi connectivity index (χ4v) is 8.88.